The monoisotopic (exact) mass is 413 g/mol. The van der Waals surface area contributed by atoms with Crippen molar-refractivity contribution >= 4 is 45.5 Å². The summed E-state index contributed by atoms with van der Waals surface area (Å²) >= 11 is 9.84. The lowest BCUT2D eigenvalue weighted by atomic mass is 10.1. The van der Waals surface area contributed by atoms with Crippen LogP contribution >= 0.6 is 45.5 Å². The van der Waals surface area contributed by atoms with Crippen molar-refractivity contribution in [3.05, 3.63) is 13.0 Å². The van der Waals surface area contributed by atoms with Crippen LogP contribution in [0, 0.1) is 2.88 Å². The third-order valence-electron chi connectivity index (χ3n) is 3.39. The molecule has 0 unspecified atom stereocenters. The smallest absolute Gasteiger partial charge is 0.184 e. The average Bonchev–Trinajstić information content (AvgIpc) is 2.70. The third kappa shape index (κ3) is 8.51. The highest BCUT2D eigenvalue weighted by atomic mass is 127. The largest absolute Gasteiger partial charge is 0.229 e. The zero-order chi connectivity index (χ0) is 13.9. The van der Waals surface area contributed by atoms with Gasteiger partial charge in [0.15, 0.2) is 4.47 Å². The molecule has 0 aromatic carbocycles. The predicted octanol–water partition coefficient (Wildman–Crippen LogP) is 6.86. The molecule has 1 aromatic rings. The molecule has 1 rings (SSSR count). The Morgan fingerprint density at radius 1 is 0.947 bits per heavy atom. The van der Waals surface area contributed by atoms with Crippen LogP contribution in [0.4, 0.5) is 0 Å². The van der Waals surface area contributed by atoms with Crippen molar-refractivity contribution in [1.29, 1.82) is 0 Å². The lowest BCUT2D eigenvalue weighted by Gasteiger charge is -2.02. The van der Waals surface area contributed by atoms with Crippen molar-refractivity contribution in [1.82, 2.24) is 4.98 Å². The number of aromatic nitrogens is 1. The summed E-state index contributed by atoms with van der Waals surface area (Å²) in [5.41, 5.74) is 1.20. The first-order valence-corrected chi connectivity index (χ1v) is 9.82. The molecular formula is C15H25ClINS. The highest BCUT2D eigenvalue weighted by molar-refractivity contribution is 14.1. The maximum Gasteiger partial charge on any atom is 0.184 e. The second kappa shape index (κ2) is 11.3. The second-order valence-electron chi connectivity index (χ2n) is 5.12. The van der Waals surface area contributed by atoms with Gasteiger partial charge in [-0.2, -0.15) is 0 Å². The van der Waals surface area contributed by atoms with E-state index >= 15 is 0 Å². The van der Waals surface area contributed by atoms with Crippen molar-refractivity contribution in [3.63, 3.8) is 0 Å². The highest BCUT2D eigenvalue weighted by Crippen LogP contribution is 2.25. The lowest BCUT2D eigenvalue weighted by molar-refractivity contribution is 0.555. The van der Waals surface area contributed by atoms with Gasteiger partial charge >= 0.3 is 0 Å². The van der Waals surface area contributed by atoms with Crippen LogP contribution in [-0.4, -0.2) is 4.98 Å². The molecule has 0 fully saturated rings. The van der Waals surface area contributed by atoms with Crippen molar-refractivity contribution in [2.75, 3.05) is 0 Å². The molecule has 0 aliphatic carbocycles. The number of hydrogen-bond donors (Lipinski definition) is 0. The molecule has 110 valence electrons. The van der Waals surface area contributed by atoms with E-state index in [1.54, 1.807) is 11.3 Å². The van der Waals surface area contributed by atoms with Gasteiger partial charge in [0.25, 0.3) is 0 Å². The molecule has 0 amide bonds. The standard InChI is InChI=1S/C15H25ClINS/c1-2-3-4-5-6-7-8-9-10-11-12-13-14(17)19-15(16)18-13/h2-12H2,1H3. The van der Waals surface area contributed by atoms with Crippen LogP contribution in [0.1, 0.15) is 76.8 Å². The molecule has 0 aliphatic rings. The van der Waals surface area contributed by atoms with Gasteiger partial charge in [0.1, 0.15) is 0 Å². The Morgan fingerprint density at radius 2 is 1.47 bits per heavy atom. The number of hydrogen-bond acceptors (Lipinski definition) is 2. The summed E-state index contributed by atoms with van der Waals surface area (Å²) in [6, 6.07) is 0. The second-order valence-corrected chi connectivity index (χ2v) is 8.51. The minimum atomic E-state index is 0.687. The van der Waals surface area contributed by atoms with Crippen molar-refractivity contribution < 1.29 is 0 Å². The van der Waals surface area contributed by atoms with Crippen LogP contribution in [0.2, 0.25) is 4.47 Å². The summed E-state index contributed by atoms with van der Waals surface area (Å²) < 4.78 is 1.95. The third-order valence-corrected chi connectivity index (χ3v) is 5.66. The molecule has 1 nitrogen and oxygen atoms in total. The van der Waals surface area contributed by atoms with Gasteiger partial charge in [-0.3, -0.25) is 0 Å². The highest BCUT2D eigenvalue weighted by Gasteiger charge is 2.06. The number of rotatable bonds is 11. The lowest BCUT2D eigenvalue weighted by Crippen LogP contribution is -1.88. The first-order valence-electron chi connectivity index (χ1n) is 7.54. The number of nitrogens with zero attached hydrogens (tertiary/aromatic N) is 1. The zero-order valence-corrected chi connectivity index (χ0v) is 15.6. The molecule has 0 N–H and O–H groups in total. The Kier molecular flexibility index (Phi) is 10.6. The minimum Gasteiger partial charge on any atom is -0.229 e. The number of thiazole rings is 1. The fourth-order valence-corrected chi connectivity index (χ4v) is 4.55. The van der Waals surface area contributed by atoms with E-state index in [1.807, 2.05) is 0 Å². The van der Waals surface area contributed by atoms with E-state index in [2.05, 4.69) is 34.5 Å². The quantitative estimate of drug-likeness (QED) is 0.285. The number of aryl methyl sites for hydroxylation is 1. The van der Waals surface area contributed by atoms with Gasteiger partial charge in [0.05, 0.1) is 8.58 Å². The molecule has 1 aromatic heterocycles. The molecule has 0 spiro atoms. The molecule has 4 heteroatoms. The van der Waals surface area contributed by atoms with Crippen LogP contribution in [0.15, 0.2) is 0 Å². The van der Waals surface area contributed by atoms with Gasteiger partial charge in [0, 0.05) is 0 Å². The molecule has 19 heavy (non-hydrogen) atoms. The topological polar surface area (TPSA) is 12.9 Å². The van der Waals surface area contributed by atoms with E-state index in [1.165, 1.54) is 72.8 Å². The average molecular weight is 414 g/mol. The van der Waals surface area contributed by atoms with Crippen molar-refractivity contribution in [2.45, 2.75) is 77.6 Å². The van der Waals surface area contributed by atoms with Crippen LogP contribution in [0.3, 0.4) is 0 Å². The summed E-state index contributed by atoms with van der Waals surface area (Å²) in [5, 5.41) is 0. The zero-order valence-electron chi connectivity index (χ0n) is 11.9. The molecule has 0 radical (unpaired) electrons. The van der Waals surface area contributed by atoms with Gasteiger partial charge in [-0.15, -0.1) is 0 Å². The maximum atomic E-state index is 5.90. The summed E-state index contributed by atoms with van der Waals surface area (Å²) in [7, 11) is 0. The molecule has 0 saturated carbocycles. The Bertz CT molecular complexity index is 341. The van der Waals surface area contributed by atoms with Gasteiger partial charge < -0.3 is 0 Å². The molecule has 0 saturated heterocycles. The fourth-order valence-electron chi connectivity index (χ4n) is 2.24. The van der Waals surface area contributed by atoms with E-state index in [0.29, 0.717) is 4.47 Å². The van der Waals surface area contributed by atoms with Gasteiger partial charge in [0.2, 0.25) is 0 Å². The van der Waals surface area contributed by atoms with E-state index < -0.39 is 0 Å². The van der Waals surface area contributed by atoms with E-state index in [0.717, 1.165) is 6.42 Å². The van der Waals surface area contributed by atoms with Gasteiger partial charge in [-0.1, -0.05) is 87.6 Å². The normalized spacial score (nSPS) is 11.1. The number of halogens is 2. The molecule has 1 heterocycles. The molecular weight excluding hydrogens is 389 g/mol. The summed E-state index contributed by atoms with van der Waals surface area (Å²) in [4.78, 5) is 4.36. The van der Waals surface area contributed by atoms with Crippen LogP contribution in [0.5, 0.6) is 0 Å². The Hall–Kier alpha value is 0.650. The Labute approximate surface area is 140 Å². The minimum absolute atomic E-state index is 0.687. The summed E-state index contributed by atoms with van der Waals surface area (Å²) in [6.45, 7) is 2.27. The maximum absolute atomic E-state index is 5.90. The number of unbranched alkanes of at least 4 members (excludes halogenated alkanes) is 9. The van der Waals surface area contributed by atoms with Crippen LogP contribution in [0.25, 0.3) is 0 Å². The first kappa shape index (κ1) is 17.7. The van der Waals surface area contributed by atoms with E-state index in [-0.39, 0.29) is 0 Å². The predicted molar refractivity (Wildman–Crippen MR) is 95.4 cm³/mol. The molecule has 0 aliphatic heterocycles. The van der Waals surface area contributed by atoms with Crippen LogP contribution < -0.4 is 0 Å². The van der Waals surface area contributed by atoms with Crippen molar-refractivity contribution in [3.8, 4) is 0 Å². The van der Waals surface area contributed by atoms with Crippen molar-refractivity contribution in [2.24, 2.45) is 0 Å². The summed E-state index contributed by atoms with van der Waals surface area (Å²) in [5.74, 6) is 0. The van der Waals surface area contributed by atoms with E-state index in [4.69, 9.17) is 11.6 Å². The fraction of sp³-hybridized carbons (Fsp3) is 0.800. The van der Waals surface area contributed by atoms with Gasteiger partial charge in [-0.05, 0) is 35.4 Å². The molecule has 0 bridgehead atoms. The summed E-state index contributed by atoms with van der Waals surface area (Å²) in [6.07, 6.45) is 14.9. The Balaban J connectivity index is 1.90. The van der Waals surface area contributed by atoms with E-state index in [9.17, 15) is 0 Å². The van der Waals surface area contributed by atoms with Gasteiger partial charge in [-0.25, -0.2) is 4.98 Å². The van der Waals surface area contributed by atoms with Crippen LogP contribution in [-0.2, 0) is 6.42 Å². The molecule has 0 atom stereocenters. The SMILES string of the molecule is CCCCCCCCCCCCc1nc(Cl)sc1I. The first-order chi connectivity index (χ1) is 9.24. The Morgan fingerprint density at radius 3 is 1.95 bits per heavy atom.